The highest BCUT2D eigenvalue weighted by Gasteiger charge is 2.15. The molecule has 23 heavy (non-hydrogen) atoms. The number of ether oxygens (including phenoxy) is 2. The van der Waals surface area contributed by atoms with Crippen molar-refractivity contribution < 1.29 is 9.47 Å². The monoisotopic (exact) mass is 317 g/mol. The van der Waals surface area contributed by atoms with Crippen molar-refractivity contribution >= 4 is 5.76 Å². The molecule has 2 rings (SSSR count). The van der Waals surface area contributed by atoms with Crippen molar-refractivity contribution in [3.63, 3.8) is 0 Å². The second-order valence-electron chi connectivity index (χ2n) is 6.10. The smallest absolute Gasteiger partial charge is 0.125 e. The zero-order chi connectivity index (χ0) is 16.5. The van der Waals surface area contributed by atoms with Gasteiger partial charge < -0.3 is 14.4 Å². The molecule has 3 nitrogen and oxygen atoms in total. The Morgan fingerprint density at radius 3 is 2.48 bits per heavy atom. The van der Waals surface area contributed by atoms with Crippen LogP contribution >= 0.6 is 0 Å². The first-order valence-corrected chi connectivity index (χ1v) is 9.00. The summed E-state index contributed by atoms with van der Waals surface area (Å²) in [7, 11) is 1.72. The third-order valence-corrected chi connectivity index (χ3v) is 4.66. The van der Waals surface area contributed by atoms with Gasteiger partial charge >= 0.3 is 0 Å². The number of methoxy groups -OCH3 is 1. The maximum atomic E-state index is 6.28. The summed E-state index contributed by atoms with van der Waals surface area (Å²) in [4.78, 5) is 2.40. The highest BCUT2D eigenvalue weighted by molar-refractivity contribution is 5.64. The van der Waals surface area contributed by atoms with Crippen molar-refractivity contribution in [3.8, 4) is 5.75 Å². The van der Waals surface area contributed by atoms with Gasteiger partial charge in [0.2, 0.25) is 0 Å². The Labute approximate surface area is 141 Å². The lowest BCUT2D eigenvalue weighted by Crippen LogP contribution is -2.27. The molecule has 0 bridgehead atoms. The predicted octanol–water partition coefficient (Wildman–Crippen LogP) is 4.73. The Hall–Kier alpha value is -1.48. The molecule has 1 aliphatic rings. The second-order valence-corrected chi connectivity index (χ2v) is 6.10. The molecule has 0 saturated heterocycles. The van der Waals surface area contributed by atoms with Gasteiger partial charge in [-0.1, -0.05) is 32.4 Å². The van der Waals surface area contributed by atoms with Crippen LogP contribution in [0.4, 0.5) is 0 Å². The first kappa shape index (κ1) is 17.9. The third kappa shape index (κ3) is 5.28. The second kappa shape index (κ2) is 9.61. The van der Waals surface area contributed by atoms with E-state index in [1.165, 1.54) is 24.8 Å². The molecule has 1 fully saturated rings. The van der Waals surface area contributed by atoms with Crippen molar-refractivity contribution in [3.05, 3.63) is 35.4 Å². The maximum Gasteiger partial charge on any atom is 0.125 e. The average molecular weight is 317 g/mol. The van der Waals surface area contributed by atoms with E-state index in [-0.39, 0.29) is 0 Å². The van der Waals surface area contributed by atoms with Crippen LogP contribution in [-0.4, -0.2) is 38.3 Å². The fourth-order valence-corrected chi connectivity index (χ4v) is 3.18. The molecule has 0 N–H and O–H groups in total. The van der Waals surface area contributed by atoms with Crippen molar-refractivity contribution in [1.82, 2.24) is 4.90 Å². The van der Waals surface area contributed by atoms with Gasteiger partial charge in [0.1, 0.15) is 18.1 Å². The van der Waals surface area contributed by atoms with E-state index in [0.717, 1.165) is 56.2 Å². The van der Waals surface area contributed by atoms with Crippen molar-refractivity contribution in [2.24, 2.45) is 0 Å². The summed E-state index contributed by atoms with van der Waals surface area (Å²) < 4.78 is 11.7. The Bertz CT molecular complexity index is 498. The number of hydrogen-bond acceptors (Lipinski definition) is 3. The number of nitrogens with zero attached hydrogens (tertiary/aromatic N) is 1. The van der Waals surface area contributed by atoms with E-state index in [1.807, 2.05) is 12.1 Å². The van der Waals surface area contributed by atoms with Gasteiger partial charge in [0.15, 0.2) is 0 Å². The van der Waals surface area contributed by atoms with E-state index in [4.69, 9.17) is 9.47 Å². The summed E-state index contributed by atoms with van der Waals surface area (Å²) in [6.07, 6.45) is 6.23. The maximum absolute atomic E-state index is 6.28. The number of rotatable bonds is 8. The normalized spacial score (nSPS) is 14.9. The molecule has 3 heteroatoms. The zero-order valence-corrected chi connectivity index (χ0v) is 14.9. The van der Waals surface area contributed by atoms with Crippen LogP contribution in [0.15, 0.2) is 29.8 Å². The number of allylic oxidation sites excluding steroid dienone is 1. The zero-order valence-electron chi connectivity index (χ0n) is 14.9. The fraction of sp³-hybridized carbons (Fsp3) is 0.600. The van der Waals surface area contributed by atoms with E-state index in [9.17, 15) is 0 Å². The lowest BCUT2D eigenvalue weighted by Gasteiger charge is -2.23. The van der Waals surface area contributed by atoms with E-state index < -0.39 is 0 Å². The third-order valence-electron chi connectivity index (χ3n) is 4.66. The fourth-order valence-electron chi connectivity index (χ4n) is 3.18. The van der Waals surface area contributed by atoms with Crippen LogP contribution in [0.2, 0.25) is 0 Å². The van der Waals surface area contributed by atoms with Gasteiger partial charge in [0, 0.05) is 12.1 Å². The molecule has 1 aromatic rings. The molecule has 1 aliphatic carbocycles. The van der Waals surface area contributed by atoms with Crippen molar-refractivity contribution in [2.75, 3.05) is 33.4 Å². The lowest BCUT2D eigenvalue weighted by molar-refractivity contribution is 0.199. The Morgan fingerprint density at radius 1 is 1.09 bits per heavy atom. The molecule has 0 spiro atoms. The van der Waals surface area contributed by atoms with Crippen LogP contribution in [0.1, 0.15) is 51.5 Å². The van der Waals surface area contributed by atoms with Gasteiger partial charge in [-0.3, -0.25) is 0 Å². The summed E-state index contributed by atoms with van der Waals surface area (Å²) in [5.74, 6) is 1.99. The van der Waals surface area contributed by atoms with Gasteiger partial charge in [-0.15, -0.1) is 0 Å². The average Bonchev–Trinajstić information content (AvgIpc) is 2.63. The van der Waals surface area contributed by atoms with Crippen LogP contribution in [0.3, 0.4) is 0 Å². The van der Waals surface area contributed by atoms with Crippen LogP contribution < -0.4 is 4.74 Å². The molecule has 0 atom stereocenters. The number of benzene rings is 1. The van der Waals surface area contributed by atoms with Gasteiger partial charge in [-0.05, 0) is 56.5 Å². The largest absolute Gasteiger partial charge is 0.497 e. The quantitative estimate of drug-likeness (QED) is 0.647. The summed E-state index contributed by atoms with van der Waals surface area (Å²) in [6.45, 7) is 8.28. The van der Waals surface area contributed by atoms with Gasteiger partial charge in [0.25, 0.3) is 0 Å². The molecule has 0 unspecified atom stereocenters. The summed E-state index contributed by atoms with van der Waals surface area (Å²) in [6, 6.07) is 8.26. The van der Waals surface area contributed by atoms with E-state index in [2.05, 4.69) is 30.9 Å². The molecule has 0 aromatic heterocycles. The topological polar surface area (TPSA) is 21.7 Å². The Balaban J connectivity index is 2.15. The van der Waals surface area contributed by atoms with Crippen molar-refractivity contribution in [2.45, 2.75) is 46.0 Å². The highest BCUT2D eigenvalue weighted by atomic mass is 16.5. The summed E-state index contributed by atoms with van der Waals surface area (Å²) in [5.41, 5.74) is 2.63. The highest BCUT2D eigenvalue weighted by Crippen LogP contribution is 2.32. The molecular formula is C20H31NO2. The molecular weight excluding hydrogens is 286 g/mol. The SMILES string of the molecule is CCN(CC)CCOC(=C1CCCCC1)c1cccc(OC)c1. The van der Waals surface area contributed by atoms with E-state index in [0.29, 0.717) is 0 Å². The first-order chi connectivity index (χ1) is 11.3. The summed E-state index contributed by atoms with van der Waals surface area (Å²) in [5, 5.41) is 0. The predicted molar refractivity (Wildman–Crippen MR) is 96.7 cm³/mol. The molecule has 1 aromatic carbocycles. The van der Waals surface area contributed by atoms with Crippen LogP contribution in [0.5, 0.6) is 5.75 Å². The van der Waals surface area contributed by atoms with Crippen LogP contribution in [0, 0.1) is 0 Å². The van der Waals surface area contributed by atoms with Crippen molar-refractivity contribution in [1.29, 1.82) is 0 Å². The minimum atomic E-state index is 0.748. The summed E-state index contributed by atoms with van der Waals surface area (Å²) >= 11 is 0. The van der Waals surface area contributed by atoms with Crippen LogP contribution in [0.25, 0.3) is 5.76 Å². The van der Waals surface area contributed by atoms with Gasteiger partial charge in [-0.25, -0.2) is 0 Å². The standard InChI is InChI=1S/C20H31NO2/c1-4-21(5-2)14-15-23-20(17-10-7-6-8-11-17)18-12-9-13-19(16-18)22-3/h9,12-13,16H,4-8,10-11,14-15H2,1-3H3. The van der Waals surface area contributed by atoms with E-state index in [1.54, 1.807) is 7.11 Å². The van der Waals surface area contributed by atoms with Gasteiger partial charge in [0.05, 0.1) is 7.11 Å². The first-order valence-electron chi connectivity index (χ1n) is 9.00. The molecule has 1 saturated carbocycles. The molecule has 0 radical (unpaired) electrons. The number of hydrogen-bond donors (Lipinski definition) is 0. The lowest BCUT2D eigenvalue weighted by atomic mass is 9.92. The molecule has 0 heterocycles. The van der Waals surface area contributed by atoms with Crippen LogP contribution in [-0.2, 0) is 4.74 Å². The molecule has 0 amide bonds. The Morgan fingerprint density at radius 2 is 1.83 bits per heavy atom. The molecule has 0 aliphatic heterocycles. The minimum Gasteiger partial charge on any atom is -0.497 e. The van der Waals surface area contributed by atoms with Gasteiger partial charge in [-0.2, -0.15) is 0 Å². The van der Waals surface area contributed by atoms with E-state index >= 15 is 0 Å². The Kier molecular flexibility index (Phi) is 7.47. The number of likely N-dealkylation sites (N-methyl/N-ethyl adjacent to an activating group) is 1. The minimum absolute atomic E-state index is 0.748. The molecule has 128 valence electrons.